The lowest BCUT2D eigenvalue weighted by Crippen LogP contribution is -2.14. The third kappa shape index (κ3) is 1.49. The van der Waals surface area contributed by atoms with Gasteiger partial charge in [0.1, 0.15) is 0 Å². The summed E-state index contributed by atoms with van der Waals surface area (Å²) in [6, 6.07) is 1.21. The highest BCUT2D eigenvalue weighted by Crippen LogP contribution is 2.31. The van der Waals surface area contributed by atoms with E-state index in [4.69, 9.17) is 0 Å². The molecule has 0 amide bonds. The van der Waals surface area contributed by atoms with Gasteiger partial charge in [0.15, 0.2) is 5.65 Å². The quantitative estimate of drug-likeness (QED) is 0.724. The Morgan fingerprint density at radius 1 is 1.47 bits per heavy atom. The van der Waals surface area contributed by atoms with E-state index < -0.39 is 17.4 Å². The van der Waals surface area contributed by atoms with Crippen molar-refractivity contribution in [3.63, 3.8) is 0 Å². The van der Waals surface area contributed by atoms with Gasteiger partial charge in [-0.15, -0.1) is 0 Å². The molecule has 80 valence electrons. The molecular formula is C8H6F3N3O. The maximum absolute atomic E-state index is 12.5. The fourth-order valence-electron chi connectivity index (χ4n) is 1.34. The molecule has 0 aliphatic heterocycles. The predicted octanol–water partition coefficient (Wildman–Crippen LogP) is 1.35. The van der Waals surface area contributed by atoms with Crippen molar-refractivity contribution in [1.82, 2.24) is 14.6 Å². The number of aryl methyl sites for hydroxylation is 1. The van der Waals surface area contributed by atoms with Gasteiger partial charge in [0, 0.05) is 6.20 Å². The molecule has 0 radical (unpaired) electrons. The van der Waals surface area contributed by atoms with Crippen LogP contribution >= 0.6 is 0 Å². The highest BCUT2D eigenvalue weighted by Gasteiger charge is 2.33. The largest absolute Gasteiger partial charge is 0.418 e. The second kappa shape index (κ2) is 2.85. The van der Waals surface area contributed by atoms with Crippen LogP contribution in [-0.4, -0.2) is 14.6 Å². The lowest BCUT2D eigenvalue weighted by molar-refractivity contribution is -0.138. The highest BCUT2D eigenvalue weighted by atomic mass is 19.4. The average molecular weight is 217 g/mol. The molecule has 0 aromatic carbocycles. The first kappa shape index (κ1) is 9.75. The van der Waals surface area contributed by atoms with E-state index in [1.807, 2.05) is 0 Å². The summed E-state index contributed by atoms with van der Waals surface area (Å²) in [7, 11) is 0. The molecule has 0 bridgehead atoms. The van der Waals surface area contributed by atoms with Gasteiger partial charge >= 0.3 is 11.9 Å². The maximum Gasteiger partial charge on any atom is 0.418 e. The second-order valence-electron chi connectivity index (χ2n) is 3.12. The molecule has 0 spiro atoms. The Hall–Kier alpha value is -1.79. The number of alkyl halides is 3. The molecule has 2 aromatic rings. The van der Waals surface area contributed by atoms with Gasteiger partial charge in [-0.05, 0) is 18.6 Å². The molecule has 0 saturated carbocycles. The molecule has 0 saturated heterocycles. The smallest absolute Gasteiger partial charge is 0.250 e. The van der Waals surface area contributed by atoms with Crippen LogP contribution in [0.25, 0.3) is 5.65 Å². The number of nitrogens with one attached hydrogen (secondary N) is 1. The van der Waals surface area contributed by atoms with E-state index in [0.717, 1.165) is 10.6 Å². The lowest BCUT2D eigenvalue weighted by atomic mass is 10.1. The Morgan fingerprint density at radius 3 is 2.73 bits per heavy atom. The molecule has 15 heavy (non-hydrogen) atoms. The van der Waals surface area contributed by atoms with E-state index in [2.05, 4.69) is 10.2 Å². The summed E-state index contributed by atoms with van der Waals surface area (Å²) < 4.78 is 38.2. The minimum atomic E-state index is -4.46. The molecule has 0 atom stereocenters. The van der Waals surface area contributed by atoms with Crippen molar-refractivity contribution >= 4 is 5.65 Å². The van der Waals surface area contributed by atoms with E-state index in [9.17, 15) is 18.0 Å². The van der Waals surface area contributed by atoms with E-state index in [1.54, 1.807) is 0 Å². The maximum atomic E-state index is 12.5. The van der Waals surface area contributed by atoms with Crippen molar-refractivity contribution in [3.8, 4) is 0 Å². The third-order valence-corrected chi connectivity index (χ3v) is 2.07. The Balaban J connectivity index is 2.82. The monoisotopic (exact) mass is 217 g/mol. The Morgan fingerprint density at radius 2 is 2.13 bits per heavy atom. The zero-order chi connectivity index (χ0) is 11.2. The molecule has 2 rings (SSSR count). The number of aromatic amines is 1. The van der Waals surface area contributed by atoms with E-state index >= 15 is 0 Å². The molecule has 7 heteroatoms. The van der Waals surface area contributed by atoms with Crippen LogP contribution in [0.1, 0.15) is 11.1 Å². The summed E-state index contributed by atoms with van der Waals surface area (Å²) in [5.41, 5.74) is -1.31. The fraction of sp³-hybridized carbons (Fsp3) is 0.250. The van der Waals surface area contributed by atoms with Gasteiger partial charge in [-0.25, -0.2) is 14.3 Å². The molecule has 0 fully saturated rings. The minimum absolute atomic E-state index is 0.0361. The van der Waals surface area contributed by atoms with Crippen molar-refractivity contribution in [2.45, 2.75) is 13.1 Å². The van der Waals surface area contributed by atoms with Crippen LogP contribution in [-0.2, 0) is 6.18 Å². The number of rotatable bonds is 0. The molecular weight excluding hydrogens is 211 g/mol. The molecule has 2 heterocycles. The van der Waals surface area contributed by atoms with E-state index in [0.29, 0.717) is 0 Å². The summed E-state index contributed by atoms with van der Waals surface area (Å²) in [6.07, 6.45) is -3.72. The molecule has 2 aromatic heterocycles. The number of fused-ring (bicyclic) bond motifs is 1. The van der Waals surface area contributed by atoms with Crippen molar-refractivity contribution in [2.24, 2.45) is 0 Å². The topological polar surface area (TPSA) is 50.2 Å². The zero-order valence-corrected chi connectivity index (χ0v) is 7.59. The van der Waals surface area contributed by atoms with Crippen LogP contribution in [0.2, 0.25) is 0 Å². The van der Waals surface area contributed by atoms with Crippen LogP contribution < -0.4 is 5.69 Å². The first-order valence-electron chi connectivity index (χ1n) is 4.04. The van der Waals surface area contributed by atoms with Crippen LogP contribution in [0, 0.1) is 6.92 Å². The molecule has 0 aliphatic carbocycles. The lowest BCUT2D eigenvalue weighted by Gasteiger charge is -2.09. The summed E-state index contributed by atoms with van der Waals surface area (Å²) in [6.45, 7) is 1.32. The van der Waals surface area contributed by atoms with Gasteiger partial charge in [0.2, 0.25) is 0 Å². The Bertz CT molecular complexity index is 566. The standard InChI is InChI=1S/C8H6F3N3O/c1-4-2-6-12-13-7(15)14(6)3-5(4)8(9,10)11/h2-3H,1H3,(H,13,15). The summed E-state index contributed by atoms with van der Waals surface area (Å²) >= 11 is 0. The Kier molecular flexibility index (Phi) is 1.85. The van der Waals surface area contributed by atoms with Crippen molar-refractivity contribution < 1.29 is 13.2 Å². The van der Waals surface area contributed by atoms with E-state index in [-0.39, 0.29) is 11.2 Å². The summed E-state index contributed by atoms with van der Waals surface area (Å²) in [4.78, 5) is 11.0. The van der Waals surface area contributed by atoms with E-state index in [1.165, 1.54) is 13.0 Å². The van der Waals surface area contributed by atoms with Gasteiger partial charge in [-0.1, -0.05) is 0 Å². The molecule has 4 nitrogen and oxygen atoms in total. The highest BCUT2D eigenvalue weighted by molar-refractivity contribution is 5.43. The zero-order valence-electron chi connectivity index (χ0n) is 7.59. The van der Waals surface area contributed by atoms with Crippen molar-refractivity contribution in [3.05, 3.63) is 33.9 Å². The van der Waals surface area contributed by atoms with Gasteiger partial charge in [-0.2, -0.15) is 18.3 Å². The molecule has 0 aliphatic rings. The van der Waals surface area contributed by atoms with Crippen molar-refractivity contribution in [2.75, 3.05) is 0 Å². The van der Waals surface area contributed by atoms with Gasteiger partial charge in [0.25, 0.3) is 0 Å². The van der Waals surface area contributed by atoms with Crippen LogP contribution in [0.4, 0.5) is 13.2 Å². The number of pyridine rings is 1. The van der Waals surface area contributed by atoms with Gasteiger partial charge in [0.05, 0.1) is 5.56 Å². The predicted molar refractivity (Wildman–Crippen MR) is 45.6 cm³/mol. The van der Waals surface area contributed by atoms with Crippen molar-refractivity contribution in [1.29, 1.82) is 0 Å². The Labute approximate surface area is 81.3 Å². The number of aromatic nitrogens is 3. The van der Waals surface area contributed by atoms with Crippen LogP contribution in [0.3, 0.4) is 0 Å². The first-order chi connectivity index (χ1) is 6.89. The fourth-order valence-corrected chi connectivity index (χ4v) is 1.34. The molecule has 1 N–H and O–H groups in total. The minimum Gasteiger partial charge on any atom is -0.250 e. The number of halogens is 3. The second-order valence-corrected chi connectivity index (χ2v) is 3.12. The SMILES string of the molecule is Cc1cc2n[nH]c(=O)n2cc1C(F)(F)F. The van der Waals surface area contributed by atoms with Gasteiger partial charge < -0.3 is 0 Å². The molecule has 0 unspecified atom stereocenters. The third-order valence-electron chi connectivity index (χ3n) is 2.07. The normalized spacial score (nSPS) is 12.3. The summed E-state index contributed by atoms with van der Waals surface area (Å²) in [5.74, 6) is 0. The first-order valence-corrected chi connectivity index (χ1v) is 4.04. The number of H-pyrrole nitrogens is 1. The summed E-state index contributed by atoms with van der Waals surface area (Å²) in [5, 5.41) is 5.63. The average Bonchev–Trinajstić information content (AvgIpc) is 2.44. The van der Waals surface area contributed by atoms with Crippen LogP contribution in [0.5, 0.6) is 0 Å². The number of nitrogens with zero attached hydrogens (tertiary/aromatic N) is 2. The van der Waals surface area contributed by atoms with Gasteiger partial charge in [-0.3, -0.25) is 0 Å². The number of hydrogen-bond donors (Lipinski definition) is 1. The van der Waals surface area contributed by atoms with Crippen LogP contribution in [0.15, 0.2) is 17.1 Å². The number of hydrogen-bond acceptors (Lipinski definition) is 2.